The highest BCUT2D eigenvalue weighted by Gasteiger charge is 2.16. The van der Waals surface area contributed by atoms with E-state index in [1.807, 2.05) is 12.4 Å². The SMILES string of the molecule is NCc1cccc(N2CCn3ccnc3C2)c1. The Morgan fingerprint density at radius 3 is 3.12 bits per heavy atom. The van der Waals surface area contributed by atoms with E-state index >= 15 is 0 Å². The van der Waals surface area contributed by atoms with Crippen LogP contribution in [0.2, 0.25) is 0 Å². The lowest BCUT2D eigenvalue weighted by Crippen LogP contribution is -2.33. The van der Waals surface area contributed by atoms with Gasteiger partial charge in [-0.15, -0.1) is 0 Å². The van der Waals surface area contributed by atoms with Gasteiger partial charge in [-0.25, -0.2) is 4.98 Å². The fraction of sp³-hybridized carbons (Fsp3) is 0.308. The number of imidazole rings is 1. The molecule has 0 amide bonds. The number of hydrogen-bond acceptors (Lipinski definition) is 3. The molecule has 3 rings (SSSR count). The predicted octanol–water partition coefficient (Wildman–Crippen LogP) is 1.36. The fourth-order valence-electron chi connectivity index (χ4n) is 2.27. The van der Waals surface area contributed by atoms with Crippen LogP contribution in [0.3, 0.4) is 0 Å². The maximum absolute atomic E-state index is 5.67. The molecule has 1 aromatic heterocycles. The van der Waals surface area contributed by atoms with Crippen molar-refractivity contribution in [1.29, 1.82) is 0 Å². The quantitative estimate of drug-likeness (QED) is 0.844. The van der Waals surface area contributed by atoms with Gasteiger partial charge in [-0.2, -0.15) is 0 Å². The topological polar surface area (TPSA) is 47.1 Å². The maximum atomic E-state index is 5.67. The van der Waals surface area contributed by atoms with Gasteiger partial charge in [-0.1, -0.05) is 12.1 Å². The van der Waals surface area contributed by atoms with Crippen LogP contribution in [0.25, 0.3) is 0 Å². The minimum Gasteiger partial charge on any atom is -0.362 e. The number of rotatable bonds is 2. The van der Waals surface area contributed by atoms with Crippen molar-refractivity contribution in [3.05, 3.63) is 48.0 Å². The van der Waals surface area contributed by atoms with Gasteiger partial charge in [-0.3, -0.25) is 0 Å². The van der Waals surface area contributed by atoms with Gasteiger partial charge in [0.25, 0.3) is 0 Å². The van der Waals surface area contributed by atoms with E-state index in [9.17, 15) is 0 Å². The minimum atomic E-state index is 0.594. The molecule has 1 aliphatic rings. The summed E-state index contributed by atoms with van der Waals surface area (Å²) in [7, 11) is 0. The first-order valence-corrected chi connectivity index (χ1v) is 5.91. The molecule has 2 heterocycles. The number of fused-ring (bicyclic) bond motifs is 1. The maximum Gasteiger partial charge on any atom is 0.128 e. The standard InChI is InChI=1S/C13H16N4/c14-9-11-2-1-3-12(8-11)17-7-6-16-5-4-15-13(16)10-17/h1-5,8H,6-7,9-10,14H2. The fourth-order valence-corrected chi connectivity index (χ4v) is 2.27. The smallest absolute Gasteiger partial charge is 0.128 e. The summed E-state index contributed by atoms with van der Waals surface area (Å²) in [5.74, 6) is 1.13. The molecule has 1 aromatic carbocycles. The van der Waals surface area contributed by atoms with E-state index in [4.69, 9.17) is 5.73 Å². The van der Waals surface area contributed by atoms with Gasteiger partial charge in [0.1, 0.15) is 5.82 Å². The van der Waals surface area contributed by atoms with E-state index < -0.39 is 0 Å². The number of benzene rings is 1. The second-order valence-electron chi connectivity index (χ2n) is 4.33. The number of nitrogens with zero attached hydrogens (tertiary/aromatic N) is 3. The molecule has 2 aromatic rings. The van der Waals surface area contributed by atoms with Crippen molar-refractivity contribution < 1.29 is 0 Å². The van der Waals surface area contributed by atoms with Crippen LogP contribution in [0, 0.1) is 0 Å². The Morgan fingerprint density at radius 1 is 1.29 bits per heavy atom. The Bertz CT molecular complexity index is 518. The third kappa shape index (κ3) is 1.91. The summed E-state index contributed by atoms with van der Waals surface area (Å²) in [6.45, 7) is 3.50. The van der Waals surface area contributed by atoms with Gasteiger partial charge < -0.3 is 15.2 Å². The predicted molar refractivity (Wildman–Crippen MR) is 67.6 cm³/mol. The average molecular weight is 228 g/mol. The molecule has 0 saturated heterocycles. The zero-order valence-corrected chi connectivity index (χ0v) is 9.71. The lowest BCUT2D eigenvalue weighted by atomic mass is 10.2. The summed E-state index contributed by atoms with van der Waals surface area (Å²) in [6, 6.07) is 8.43. The first kappa shape index (κ1) is 10.4. The van der Waals surface area contributed by atoms with Gasteiger partial charge >= 0.3 is 0 Å². The first-order valence-electron chi connectivity index (χ1n) is 5.91. The van der Waals surface area contributed by atoms with Crippen LogP contribution < -0.4 is 10.6 Å². The number of aromatic nitrogens is 2. The molecule has 0 atom stereocenters. The molecule has 17 heavy (non-hydrogen) atoms. The van der Waals surface area contributed by atoms with E-state index in [1.165, 1.54) is 11.3 Å². The van der Waals surface area contributed by atoms with Crippen LogP contribution in [-0.4, -0.2) is 16.1 Å². The zero-order valence-electron chi connectivity index (χ0n) is 9.71. The van der Waals surface area contributed by atoms with E-state index in [1.54, 1.807) is 0 Å². The Hall–Kier alpha value is -1.81. The third-order valence-corrected chi connectivity index (χ3v) is 3.26. The van der Waals surface area contributed by atoms with E-state index in [-0.39, 0.29) is 0 Å². The number of anilines is 1. The Morgan fingerprint density at radius 2 is 2.24 bits per heavy atom. The highest BCUT2D eigenvalue weighted by molar-refractivity contribution is 5.49. The highest BCUT2D eigenvalue weighted by atomic mass is 15.2. The molecule has 0 radical (unpaired) electrons. The second-order valence-corrected chi connectivity index (χ2v) is 4.33. The zero-order chi connectivity index (χ0) is 11.7. The highest BCUT2D eigenvalue weighted by Crippen LogP contribution is 2.21. The van der Waals surface area contributed by atoms with Crippen molar-refractivity contribution in [3.63, 3.8) is 0 Å². The molecule has 0 spiro atoms. The van der Waals surface area contributed by atoms with Crippen LogP contribution in [0.15, 0.2) is 36.7 Å². The molecular formula is C13H16N4. The second kappa shape index (κ2) is 4.22. The van der Waals surface area contributed by atoms with Gasteiger partial charge in [-0.05, 0) is 17.7 Å². The minimum absolute atomic E-state index is 0.594. The summed E-state index contributed by atoms with van der Waals surface area (Å²) >= 11 is 0. The Labute approximate surface area is 101 Å². The van der Waals surface area contributed by atoms with E-state index in [0.717, 1.165) is 25.5 Å². The normalized spacial score (nSPS) is 14.8. The van der Waals surface area contributed by atoms with Crippen molar-refractivity contribution in [2.24, 2.45) is 5.73 Å². The summed E-state index contributed by atoms with van der Waals surface area (Å²) in [5, 5.41) is 0. The molecule has 88 valence electrons. The molecular weight excluding hydrogens is 212 g/mol. The summed E-state index contributed by atoms with van der Waals surface area (Å²) < 4.78 is 2.21. The summed E-state index contributed by atoms with van der Waals surface area (Å²) in [6.07, 6.45) is 3.91. The summed E-state index contributed by atoms with van der Waals surface area (Å²) in [5.41, 5.74) is 8.09. The Kier molecular flexibility index (Phi) is 2.57. The van der Waals surface area contributed by atoms with Crippen molar-refractivity contribution in [2.75, 3.05) is 11.4 Å². The van der Waals surface area contributed by atoms with Gasteiger partial charge in [0.2, 0.25) is 0 Å². The van der Waals surface area contributed by atoms with Crippen LogP contribution in [0.5, 0.6) is 0 Å². The summed E-state index contributed by atoms with van der Waals surface area (Å²) in [4.78, 5) is 6.72. The molecule has 0 bridgehead atoms. The Balaban J connectivity index is 1.86. The monoisotopic (exact) mass is 228 g/mol. The molecule has 4 heteroatoms. The lowest BCUT2D eigenvalue weighted by molar-refractivity contribution is 0.560. The molecule has 0 aliphatic carbocycles. The molecule has 0 saturated carbocycles. The van der Waals surface area contributed by atoms with Crippen LogP contribution >= 0.6 is 0 Å². The van der Waals surface area contributed by atoms with Crippen molar-refractivity contribution in [3.8, 4) is 0 Å². The average Bonchev–Trinajstić information content (AvgIpc) is 2.86. The molecule has 4 nitrogen and oxygen atoms in total. The third-order valence-electron chi connectivity index (χ3n) is 3.26. The lowest BCUT2D eigenvalue weighted by Gasteiger charge is -2.29. The number of hydrogen-bond donors (Lipinski definition) is 1. The molecule has 0 fully saturated rings. The van der Waals surface area contributed by atoms with Crippen LogP contribution in [-0.2, 0) is 19.6 Å². The van der Waals surface area contributed by atoms with Gasteiger partial charge in [0.15, 0.2) is 0 Å². The van der Waals surface area contributed by atoms with E-state index in [2.05, 4.69) is 38.7 Å². The number of nitrogens with two attached hydrogens (primary N) is 1. The molecule has 0 unspecified atom stereocenters. The van der Waals surface area contributed by atoms with Crippen molar-refractivity contribution in [2.45, 2.75) is 19.6 Å². The first-order chi connectivity index (χ1) is 8.36. The van der Waals surface area contributed by atoms with E-state index in [0.29, 0.717) is 6.54 Å². The van der Waals surface area contributed by atoms with Crippen LogP contribution in [0.1, 0.15) is 11.4 Å². The molecule has 2 N–H and O–H groups in total. The van der Waals surface area contributed by atoms with Crippen LogP contribution in [0.4, 0.5) is 5.69 Å². The van der Waals surface area contributed by atoms with Gasteiger partial charge in [0.05, 0.1) is 6.54 Å². The molecule has 1 aliphatic heterocycles. The largest absolute Gasteiger partial charge is 0.362 e. The van der Waals surface area contributed by atoms with Crippen molar-refractivity contribution in [1.82, 2.24) is 9.55 Å². The van der Waals surface area contributed by atoms with Gasteiger partial charge in [0, 0.05) is 37.7 Å². The van der Waals surface area contributed by atoms with Crippen molar-refractivity contribution >= 4 is 5.69 Å².